The molecule has 1 saturated heterocycles. The predicted molar refractivity (Wildman–Crippen MR) is 42.0 cm³/mol. The van der Waals surface area contributed by atoms with Crippen LogP contribution in [0, 0.1) is 0 Å². The van der Waals surface area contributed by atoms with Crippen LogP contribution in [0.3, 0.4) is 0 Å². The van der Waals surface area contributed by atoms with Crippen molar-refractivity contribution in [1.82, 2.24) is 0 Å². The SMILES string of the molecule is OC[C@@H](O)[C@@H](O)[C@H]1OC(O)[C@@H](O)[C@@H]1O. The minimum atomic E-state index is -1.60. The lowest BCUT2D eigenvalue weighted by atomic mass is 10.0. The highest BCUT2D eigenvalue weighted by molar-refractivity contribution is 4.92. The van der Waals surface area contributed by atoms with Gasteiger partial charge in [0.2, 0.25) is 0 Å². The Bertz CT molecular complexity index is 187. The van der Waals surface area contributed by atoms with E-state index >= 15 is 0 Å². The van der Waals surface area contributed by atoms with Crippen LogP contribution in [0.2, 0.25) is 0 Å². The lowest BCUT2D eigenvalue weighted by Crippen LogP contribution is -2.46. The Balaban J connectivity index is 2.61. The molecule has 0 amide bonds. The number of ether oxygens (including phenoxy) is 1. The van der Waals surface area contributed by atoms with Crippen LogP contribution in [0.4, 0.5) is 0 Å². The first kappa shape index (κ1) is 11.8. The Hall–Kier alpha value is -0.280. The molecule has 1 rings (SSSR count). The van der Waals surface area contributed by atoms with Crippen molar-refractivity contribution in [2.24, 2.45) is 0 Å². The van der Waals surface area contributed by atoms with Crippen molar-refractivity contribution in [2.75, 3.05) is 6.61 Å². The second-order valence-electron chi connectivity index (χ2n) is 3.21. The zero-order valence-corrected chi connectivity index (χ0v) is 7.26. The first-order valence-electron chi connectivity index (χ1n) is 4.15. The molecule has 7 nitrogen and oxygen atoms in total. The van der Waals surface area contributed by atoms with Gasteiger partial charge in [-0.3, -0.25) is 0 Å². The van der Waals surface area contributed by atoms with Gasteiger partial charge in [-0.25, -0.2) is 0 Å². The van der Waals surface area contributed by atoms with Crippen LogP contribution in [0.25, 0.3) is 0 Å². The number of aliphatic hydroxyl groups is 6. The first-order chi connectivity index (χ1) is 6.49. The third kappa shape index (κ3) is 2.04. The Morgan fingerprint density at radius 1 is 1.07 bits per heavy atom. The highest BCUT2D eigenvalue weighted by Crippen LogP contribution is 2.23. The molecule has 1 unspecified atom stereocenters. The molecule has 7 heteroatoms. The molecule has 84 valence electrons. The van der Waals surface area contributed by atoms with Gasteiger partial charge in [0.05, 0.1) is 6.61 Å². The molecule has 1 heterocycles. The molecule has 0 saturated carbocycles. The van der Waals surface area contributed by atoms with E-state index in [1.807, 2.05) is 0 Å². The molecule has 0 radical (unpaired) electrons. The molecule has 6 atom stereocenters. The van der Waals surface area contributed by atoms with Gasteiger partial charge in [-0.2, -0.15) is 0 Å². The molecule has 0 aromatic rings. The van der Waals surface area contributed by atoms with E-state index in [9.17, 15) is 10.2 Å². The fourth-order valence-electron chi connectivity index (χ4n) is 1.29. The zero-order chi connectivity index (χ0) is 10.9. The third-order valence-corrected chi connectivity index (χ3v) is 2.19. The molecule has 1 fully saturated rings. The Morgan fingerprint density at radius 3 is 2.00 bits per heavy atom. The molecule has 0 spiro atoms. The molecule has 0 aromatic carbocycles. The Morgan fingerprint density at radius 2 is 1.64 bits per heavy atom. The van der Waals surface area contributed by atoms with Crippen molar-refractivity contribution in [3.63, 3.8) is 0 Å². The van der Waals surface area contributed by atoms with Crippen LogP contribution in [0.5, 0.6) is 0 Å². The van der Waals surface area contributed by atoms with E-state index in [0.29, 0.717) is 0 Å². The lowest BCUT2D eigenvalue weighted by molar-refractivity contribution is -0.164. The molecule has 14 heavy (non-hydrogen) atoms. The monoisotopic (exact) mass is 210 g/mol. The third-order valence-electron chi connectivity index (χ3n) is 2.19. The maximum absolute atomic E-state index is 9.31. The van der Waals surface area contributed by atoms with Crippen LogP contribution in [-0.2, 0) is 4.74 Å². The van der Waals surface area contributed by atoms with E-state index in [1.54, 1.807) is 0 Å². The maximum atomic E-state index is 9.31. The fraction of sp³-hybridized carbons (Fsp3) is 1.00. The Labute approximate surface area is 79.8 Å². The second-order valence-corrected chi connectivity index (χ2v) is 3.21. The molecular weight excluding hydrogens is 196 g/mol. The average Bonchev–Trinajstić information content (AvgIpc) is 2.43. The summed E-state index contributed by atoms with van der Waals surface area (Å²) in [6.07, 6.45) is -9.01. The van der Waals surface area contributed by atoms with Gasteiger partial charge in [0.1, 0.15) is 30.5 Å². The summed E-state index contributed by atoms with van der Waals surface area (Å²) in [6, 6.07) is 0. The van der Waals surface area contributed by atoms with Crippen LogP contribution in [0.15, 0.2) is 0 Å². The van der Waals surface area contributed by atoms with Crippen molar-refractivity contribution in [1.29, 1.82) is 0 Å². The van der Waals surface area contributed by atoms with E-state index in [4.69, 9.17) is 20.4 Å². The number of rotatable bonds is 3. The van der Waals surface area contributed by atoms with Gasteiger partial charge >= 0.3 is 0 Å². The van der Waals surface area contributed by atoms with Crippen molar-refractivity contribution in [3.05, 3.63) is 0 Å². The summed E-state index contributed by atoms with van der Waals surface area (Å²) >= 11 is 0. The summed E-state index contributed by atoms with van der Waals surface area (Å²) in [5.41, 5.74) is 0. The van der Waals surface area contributed by atoms with Gasteiger partial charge in [-0.1, -0.05) is 0 Å². The smallest absolute Gasteiger partial charge is 0.184 e. The summed E-state index contributed by atoms with van der Waals surface area (Å²) in [5.74, 6) is 0. The molecule has 1 aliphatic rings. The van der Waals surface area contributed by atoms with Crippen LogP contribution < -0.4 is 0 Å². The minimum absolute atomic E-state index is 0.708. The predicted octanol–water partition coefficient (Wildman–Crippen LogP) is -3.86. The minimum Gasteiger partial charge on any atom is -0.394 e. The van der Waals surface area contributed by atoms with E-state index in [1.165, 1.54) is 0 Å². The summed E-state index contributed by atoms with van der Waals surface area (Å²) in [7, 11) is 0. The van der Waals surface area contributed by atoms with Crippen molar-refractivity contribution in [3.8, 4) is 0 Å². The number of aliphatic hydroxyl groups excluding tert-OH is 6. The highest BCUT2D eigenvalue weighted by atomic mass is 16.6. The maximum Gasteiger partial charge on any atom is 0.184 e. The second kappa shape index (κ2) is 4.49. The average molecular weight is 210 g/mol. The number of hydrogen-bond acceptors (Lipinski definition) is 7. The molecular formula is C7H14O7. The molecule has 6 N–H and O–H groups in total. The van der Waals surface area contributed by atoms with Gasteiger partial charge in [-0.15, -0.1) is 0 Å². The van der Waals surface area contributed by atoms with Gasteiger partial charge in [-0.05, 0) is 0 Å². The normalized spacial score (nSPS) is 42.4. The van der Waals surface area contributed by atoms with Crippen molar-refractivity contribution >= 4 is 0 Å². The summed E-state index contributed by atoms with van der Waals surface area (Å²) in [4.78, 5) is 0. The number of hydrogen-bond donors (Lipinski definition) is 6. The van der Waals surface area contributed by atoms with Crippen molar-refractivity contribution < 1.29 is 35.4 Å². The first-order valence-corrected chi connectivity index (χ1v) is 4.15. The van der Waals surface area contributed by atoms with Crippen LogP contribution in [0.1, 0.15) is 0 Å². The molecule has 0 aromatic heterocycles. The standard InChI is InChI=1S/C7H14O7/c8-1-2(9)3(10)6-4(11)5(12)7(13)14-6/h2-13H,1H2/t2-,3-,4+,5+,6-,7?/m1/s1. The Kier molecular flexibility index (Phi) is 3.78. The van der Waals surface area contributed by atoms with Gasteiger partial charge < -0.3 is 35.4 Å². The van der Waals surface area contributed by atoms with Gasteiger partial charge in [0.25, 0.3) is 0 Å². The molecule has 1 aliphatic heterocycles. The van der Waals surface area contributed by atoms with E-state index in [-0.39, 0.29) is 0 Å². The summed E-state index contributed by atoms with van der Waals surface area (Å²) in [5, 5.41) is 54.1. The zero-order valence-electron chi connectivity index (χ0n) is 7.26. The fourth-order valence-corrected chi connectivity index (χ4v) is 1.29. The quantitative estimate of drug-likeness (QED) is 0.281. The summed E-state index contributed by atoms with van der Waals surface area (Å²) < 4.78 is 4.61. The highest BCUT2D eigenvalue weighted by Gasteiger charge is 2.46. The largest absolute Gasteiger partial charge is 0.394 e. The van der Waals surface area contributed by atoms with E-state index in [2.05, 4.69) is 4.74 Å². The van der Waals surface area contributed by atoms with E-state index < -0.39 is 43.4 Å². The van der Waals surface area contributed by atoms with Gasteiger partial charge in [0.15, 0.2) is 6.29 Å². The topological polar surface area (TPSA) is 131 Å². The molecule has 0 aliphatic carbocycles. The van der Waals surface area contributed by atoms with E-state index in [0.717, 1.165) is 0 Å². The van der Waals surface area contributed by atoms with Crippen LogP contribution >= 0.6 is 0 Å². The molecule has 0 bridgehead atoms. The van der Waals surface area contributed by atoms with Crippen molar-refractivity contribution in [2.45, 2.75) is 36.8 Å². The van der Waals surface area contributed by atoms with Crippen LogP contribution in [-0.4, -0.2) is 74.1 Å². The lowest BCUT2D eigenvalue weighted by Gasteiger charge is -2.23. The summed E-state index contributed by atoms with van der Waals surface area (Å²) in [6.45, 7) is -0.708. The van der Waals surface area contributed by atoms with Gasteiger partial charge in [0, 0.05) is 0 Å².